The van der Waals surface area contributed by atoms with Crippen LogP contribution in [-0.2, 0) is 9.59 Å². The number of carbonyl (C=O) groups excluding carboxylic acids is 1. The molecule has 1 atom stereocenters. The fourth-order valence-corrected chi connectivity index (χ4v) is 1.20. The van der Waals surface area contributed by atoms with Crippen molar-refractivity contribution in [3.8, 4) is 12.3 Å². The van der Waals surface area contributed by atoms with Gasteiger partial charge < -0.3 is 16.2 Å². The zero-order valence-corrected chi connectivity index (χ0v) is 9.01. The largest absolute Gasteiger partial charge is 0.481 e. The highest BCUT2D eigenvalue weighted by molar-refractivity contribution is 5.96. The van der Waals surface area contributed by atoms with Crippen LogP contribution in [0.25, 0.3) is 0 Å². The Balaban J connectivity index is 2.68. The average molecular weight is 232 g/mol. The van der Waals surface area contributed by atoms with Gasteiger partial charge in [-0.2, -0.15) is 0 Å². The molecule has 0 saturated heterocycles. The third-order valence-corrected chi connectivity index (χ3v) is 2.03. The van der Waals surface area contributed by atoms with Gasteiger partial charge in [0.1, 0.15) is 0 Å². The molecule has 1 amide bonds. The van der Waals surface area contributed by atoms with Gasteiger partial charge in [-0.15, -0.1) is 6.42 Å². The Kier molecular flexibility index (Phi) is 4.26. The van der Waals surface area contributed by atoms with Crippen molar-refractivity contribution in [1.29, 1.82) is 0 Å². The molecule has 17 heavy (non-hydrogen) atoms. The van der Waals surface area contributed by atoms with Crippen molar-refractivity contribution in [2.24, 2.45) is 5.73 Å². The minimum atomic E-state index is -1.12. The number of aliphatic carboxylic acids is 1. The first-order valence-electron chi connectivity index (χ1n) is 4.88. The molecule has 5 heteroatoms. The maximum absolute atomic E-state index is 11.5. The minimum absolute atomic E-state index is 0.416. The van der Waals surface area contributed by atoms with Crippen LogP contribution >= 0.6 is 0 Å². The number of benzene rings is 1. The number of nitrogens with two attached hydrogens (primary N) is 1. The van der Waals surface area contributed by atoms with Crippen molar-refractivity contribution in [2.45, 2.75) is 12.5 Å². The van der Waals surface area contributed by atoms with Gasteiger partial charge in [-0.25, -0.2) is 0 Å². The Bertz CT molecular complexity index is 477. The van der Waals surface area contributed by atoms with E-state index in [1.54, 1.807) is 24.3 Å². The molecule has 0 saturated carbocycles. The highest BCUT2D eigenvalue weighted by atomic mass is 16.4. The maximum atomic E-state index is 11.5. The quantitative estimate of drug-likeness (QED) is 0.655. The number of amides is 1. The molecule has 0 heterocycles. The summed E-state index contributed by atoms with van der Waals surface area (Å²) in [7, 11) is 0. The number of anilines is 1. The lowest BCUT2D eigenvalue weighted by molar-refractivity contribution is -0.138. The first-order valence-corrected chi connectivity index (χ1v) is 4.88. The summed E-state index contributed by atoms with van der Waals surface area (Å²) < 4.78 is 0. The lowest BCUT2D eigenvalue weighted by Crippen LogP contribution is -2.37. The number of carboxylic acids is 1. The van der Waals surface area contributed by atoms with Gasteiger partial charge in [0.2, 0.25) is 5.91 Å². The van der Waals surface area contributed by atoms with Crippen molar-refractivity contribution < 1.29 is 14.7 Å². The summed E-state index contributed by atoms with van der Waals surface area (Å²) >= 11 is 0. The van der Waals surface area contributed by atoms with E-state index in [-0.39, 0.29) is 0 Å². The summed E-state index contributed by atoms with van der Waals surface area (Å²) in [6.45, 7) is 0. The predicted octanol–water partition coefficient (Wildman–Crippen LogP) is 0.408. The molecule has 0 bridgehead atoms. The first-order chi connectivity index (χ1) is 8.02. The van der Waals surface area contributed by atoms with E-state index in [9.17, 15) is 9.59 Å². The number of terminal acetylenes is 1. The van der Waals surface area contributed by atoms with Crippen LogP contribution in [0.2, 0.25) is 0 Å². The molecule has 0 radical (unpaired) electrons. The number of hydrogen-bond donors (Lipinski definition) is 3. The van der Waals surface area contributed by atoms with Crippen LogP contribution in [0.5, 0.6) is 0 Å². The molecule has 0 fully saturated rings. The summed E-state index contributed by atoms with van der Waals surface area (Å²) in [6.07, 6.45) is 4.79. The number of carbonyl (C=O) groups is 2. The molecular formula is C12H12N2O3. The minimum Gasteiger partial charge on any atom is -0.481 e. The normalized spacial score (nSPS) is 11.3. The monoisotopic (exact) mass is 232 g/mol. The van der Waals surface area contributed by atoms with Crippen molar-refractivity contribution in [1.82, 2.24) is 0 Å². The predicted molar refractivity (Wildman–Crippen MR) is 63.2 cm³/mol. The van der Waals surface area contributed by atoms with Gasteiger partial charge in [0, 0.05) is 11.3 Å². The Hall–Kier alpha value is -2.32. The maximum Gasteiger partial charge on any atom is 0.305 e. The number of rotatable bonds is 4. The van der Waals surface area contributed by atoms with E-state index >= 15 is 0 Å². The zero-order chi connectivity index (χ0) is 12.8. The summed E-state index contributed by atoms with van der Waals surface area (Å²) in [6, 6.07) is 5.57. The third-order valence-electron chi connectivity index (χ3n) is 2.03. The smallest absolute Gasteiger partial charge is 0.305 e. The zero-order valence-electron chi connectivity index (χ0n) is 9.01. The van der Waals surface area contributed by atoms with E-state index < -0.39 is 24.3 Å². The average Bonchev–Trinajstić information content (AvgIpc) is 2.28. The van der Waals surface area contributed by atoms with Crippen LogP contribution in [-0.4, -0.2) is 23.0 Å². The molecule has 5 nitrogen and oxygen atoms in total. The van der Waals surface area contributed by atoms with E-state index in [0.717, 1.165) is 0 Å². The highest BCUT2D eigenvalue weighted by Gasteiger charge is 2.16. The summed E-state index contributed by atoms with van der Waals surface area (Å²) in [5.41, 5.74) is 6.52. The van der Waals surface area contributed by atoms with Gasteiger partial charge in [0.05, 0.1) is 12.5 Å². The number of carboxylic acid groups (broad SMARTS) is 1. The van der Waals surface area contributed by atoms with Gasteiger partial charge in [-0.3, -0.25) is 9.59 Å². The fourth-order valence-electron chi connectivity index (χ4n) is 1.20. The van der Waals surface area contributed by atoms with Gasteiger partial charge in [-0.1, -0.05) is 12.0 Å². The van der Waals surface area contributed by atoms with Crippen molar-refractivity contribution >= 4 is 17.6 Å². The van der Waals surface area contributed by atoms with E-state index in [4.69, 9.17) is 17.3 Å². The molecule has 0 aliphatic carbocycles. The van der Waals surface area contributed by atoms with E-state index in [1.165, 1.54) is 0 Å². The molecular weight excluding hydrogens is 220 g/mol. The second kappa shape index (κ2) is 5.68. The molecule has 88 valence electrons. The molecule has 0 aliphatic heterocycles. The standard InChI is InChI=1S/C12H12N2O3/c1-2-8-4-3-5-9(6-8)14-12(17)10(13)7-11(15)16/h1,3-6,10H,7,13H2,(H,14,17)(H,15,16). The summed E-state index contributed by atoms with van der Waals surface area (Å²) in [5.74, 6) is 0.751. The van der Waals surface area contributed by atoms with Crippen molar-refractivity contribution in [2.75, 3.05) is 5.32 Å². The molecule has 1 aromatic rings. The van der Waals surface area contributed by atoms with E-state index in [0.29, 0.717) is 11.3 Å². The van der Waals surface area contributed by atoms with Gasteiger partial charge >= 0.3 is 5.97 Å². The molecule has 1 aromatic carbocycles. The number of nitrogens with one attached hydrogen (secondary N) is 1. The summed E-state index contributed by atoms with van der Waals surface area (Å²) in [4.78, 5) is 21.9. The van der Waals surface area contributed by atoms with Crippen LogP contribution in [0.4, 0.5) is 5.69 Å². The Morgan fingerprint density at radius 1 is 1.53 bits per heavy atom. The first kappa shape index (κ1) is 12.7. The summed E-state index contributed by atoms with van der Waals surface area (Å²) in [5, 5.41) is 11.0. The van der Waals surface area contributed by atoms with E-state index in [1.807, 2.05) is 0 Å². The second-order valence-electron chi connectivity index (χ2n) is 3.42. The Labute approximate surface area is 98.6 Å². The SMILES string of the molecule is C#Cc1cccc(NC(=O)C(N)CC(=O)O)c1. The van der Waals surface area contributed by atoms with Crippen LogP contribution < -0.4 is 11.1 Å². The van der Waals surface area contributed by atoms with Gasteiger partial charge in [0.15, 0.2) is 0 Å². The molecule has 1 unspecified atom stereocenters. The van der Waals surface area contributed by atoms with Crippen LogP contribution in [0.3, 0.4) is 0 Å². The fraction of sp³-hybridized carbons (Fsp3) is 0.167. The van der Waals surface area contributed by atoms with Gasteiger partial charge in [0.25, 0.3) is 0 Å². The Morgan fingerprint density at radius 2 is 2.24 bits per heavy atom. The topological polar surface area (TPSA) is 92.4 Å². The number of hydrogen-bond acceptors (Lipinski definition) is 3. The van der Waals surface area contributed by atoms with Gasteiger partial charge in [-0.05, 0) is 18.2 Å². The van der Waals surface area contributed by atoms with Crippen LogP contribution in [0.1, 0.15) is 12.0 Å². The highest BCUT2D eigenvalue weighted by Crippen LogP contribution is 2.10. The molecule has 4 N–H and O–H groups in total. The lowest BCUT2D eigenvalue weighted by Gasteiger charge is -2.10. The molecule has 0 aromatic heterocycles. The molecule has 1 rings (SSSR count). The Morgan fingerprint density at radius 3 is 2.82 bits per heavy atom. The lowest BCUT2D eigenvalue weighted by atomic mass is 10.2. The molecule has 0 aliphatic rings. The van der Waals surface area contributed by atoms with Crippen LogP contribution in [0.15, 0.2) is 24.3 Å². The third kappa shape index (κ3) is 3.97. The van der Waals surface area contributed by atoms with E-state index in [2.05, 4.69) is 11.2 Å². The second-order valence-corrected chi connectivity index (χ2v) is 3.42. The molecule has 0 spiro atoms. The van der Waals surface area contributed by atoms with Crippen molar-refractivity contribution in [3.63, 3.8) is 0 Å². The van der Waals surface area contributed by atoms with Crippen molar-refractivity contribution in [3.05, 3.63) is 29.8 Å². The van der Waals surface area contributed by atoms with Crippen LogP contribution in [0, 0.1) is 12.3 Å².